The molecule has 0 spiro atoms. The van der Waals surface area contributed by atoms with Crippen LogP contribution in [0.5, 0.6) is 0 Å². The standard InChI is InChI=1S/C12H16O6/c1-16-10(17-2)8-6-4-5-7(9(13)14)12(6,8)11(15)18-3/h5-6,8,10H,4H2,1-3H3,(H,13,14). The fourth-order valence-electron chi connectivity index (χ4n) is 3.24. The summed E-state index contributed by atoms with van der Waals surface area (Å²) in [5.41, 5.74) is -1.000. The number of carboxylic acid groups (broad SMARTS) is 1. The number of rotatable bonds is 5. The van der Waals surface area contributed by atoms with Crippen LogP contribution in [0.2, 0.25) is 0 Å². The number of carboxylic acids is 1. The van der Waals surface area contributed by atoms with Gasteiger partial charge in [-0.2, -0.15) is 0 Å². The van der Waals surface area contributed by atoms with Crippen LogP contribution in [0.15, 0.2) is 11.6 Å². The SMILES string of the molecule is COC(=O)C12C(C(=O)O)=CCC1C2C(OC)OC. The highest BCUT2D eigenvalue weighted by atomic mass is 16.7. The number of aliphatic carboxylic acids is 1. The van der Waals surface area contributed by atoms with E-state index in [0.717, 1.165) is 0 Å². The van der Waals surface area contributed by atoms with Crippen LogP contribution in [-0.4, -0.2) is 44.7 Å². The second kappa shape index (κ2) is 4.37. The first-order valence-corrected chi connectivity index (χ1v) is 5.63. The average molecular weight is 256 g/mol. The van der Waals surface area contributed by atoms with Crippen molar-refractivity contribution < 1.29 is 28.9 Å². The molecule has 0 aromatic rings. The van der Waals surface area contributed by atoms with Crippen LogP contribution in [0.4, 0.5) is 0 Å². The topological polar surface area (TPSA) is 82.1 Å². The first-order chi connectivity index (χ1) is 8.55. The predicted molar refractivity (Wildman–Crippen MR) is 59.6 cm³/mol. The van der Waals surface area contributed by atoms with Gasteiger partial charge in [0, 0.05) is 20.1 Å². The van der Waals surface area contributed by atoms with Gasteiger partial charge in [-0.3, -0.25) is 4.79 Å². The Balaban J connectivity index is 2.36. The van der Waals surface area contributed by atoms with Gasteiger partial charge in [0.15, 0.2) is 6.29 Å². The molecule has 2 aliphatic rings. The predicted octanol–water partition coefficient (Wildman–Crippen LogP) is 0.425. The van der Waals surface area contributed by atoms with E-state index in [4.69, 9.17) is 14.2 Å². The minimum absolute atomic E-state index is 0.100. The summed E-state index contributed by atoms with van der Waals surface area (Å²) in [5, 5.41) is 9.21. The lowest BCUT2D eigenvalue weighted by Gasteiger charge is -2.19. The van der Waals surface area contributed by atoms with Crippen LogP contribution in [0, 0.1) is 17.3 Å². The van der Waals surface area contributed by atoms with E-state index in [-0.39, 0.29) is 17.4 Å². The van der Waals surface area contributed by atoms with Crippen molar-refractivity contribution >= 4 is 11.9 Å². The summed E-state index contributed by atoms with van der Waals surface area (Å²) in [6, 6.07) is 0. The minimum atomic E-state index is -1.10. The molecule has 0 heterocycles. The van der Waals surface area contributed by atoms with E-state index in [1.54, 1.807) is 6.08 Å². The third-order valence-corrected chi connectivity index (χ3v) is 3.97. The molecule has 0 aromatic carbocycles. The lowest BCUT2D eigenvalue weighted by atomic mass is 9.94. The van der Waals surface area contributed by atoms with Gasteiger partial charge in [0.05, 0.1) is 12.7 Å². The van der Waals surface area contributed by atoms with E-state index >= 15 is 0 Å². The summed E-state index contributed by atoms with van der Waals surface area (Å²) < 4.78 is 15.1. The van der Waals surface area contributed by atoms with E-state index in [9.17, 15) is 14.7 Å². The summed E-state index contributed by atoms with van der Waals surface area (Å²) in [6.07, 6.45) is 1.52. The third kappa shape index (κ3) is 1.42. The van der Waals surface area contributed by atoms with E-state index in [2.05, 4.69) is 0 Å². The number of esters is 1. The van der Waals surface area contributed by atoms with Gasteiger partial charge in [-0.05, 0) is 12.3 Å². The van der Waals surface area contributed by atoms with Crippen molar-refractivity contribution in [1.82, 2.24) is 0 Å². The molecule has 6 nitrogen and oxygen atoms in total. The molecule has 0 aromatic heterocycles. The molecule has 6 heteroatoms. The Labute approximate surface area is 105 Å². The molecule has 0 saturated heterocycles. The Morgan fingerprint density at radius 2 is 2.00 bits per heavy atom. The van der Waals surface area contributed by atoms with Gasteiger partial charge in [-0.1, -0.05) is 6.08 Å². The molecule has 2 aliphatic carbocycles. The smallest absolute Gasteiger partial charge is 0.332 e. The molecular weight excluding hydrogens is 240 g/mol. The minimum Gasteiger partial charge on any atom is -0.478 e. The highest BCUT2D eigenvalue weighted by Gasteiger charge is 2.77. The fourth-order valence-corrected chi connectivity index (χ4v) is 3.24. The second-order valence-electron chi connectivity index (χ2n) is 4.49. The maximum atomic E-state index is 12.0. The monoisotopic (exact) mass is 256 g/mol. The zero-order valence-corrected chi connectivity index (χ0v) is 10.5. The molecule has 2 rings (SSSR count). The number of methoxy groups -OCH3 is 3. The van der Waals surface area contributed by atoms with Crippen molar-refractivity contribution in [3.8, 4) is 0 Å². The van der Waals surface area contributed by atoms with Gasteiger partial charge in [0.2, 0.25) is 0 Å². The zero-order valence-electron chi connectivity index (χ0n) is 10.5. The Hall–Kier alpha value is -1.40. The van der Waals surface area contributed by atoms with E-state index < -0.39 is 23.6 Å². The molecule has 0 aliphatic heterocycles. The summed E-state index contributed by atoms with van der Waals surface area (Å²) in [7, 11) is 4.20. The maximum absolute atomic E-state index is 12.0. The van der Waals surface area contributed by atoms with Crippen molar-refractivity contribution in [1.29, 1.82) is 0 Å². The van der Waals surface area contributed by atoms with Gasteiger partial charge in [0.1, 0.15) is 5.41 Å². The molecule has 100 valence electrons. The normalized spacial score (nSPS) is 33.0. The van der Waals surface area contributed by atoms with Crippen LogP contribution in [0.3, 0.4) is 0 Å². The Morgan fingerprint density at radius 1 is 1.39 bits per heavy atom. The van der Waals surface area contributed by atoms with Crippen molar-refractivity contribution in [2.24, 2.45) is 17.3 Å². The van der Waals surface area contributed by atoms with Crippen LogP contribution in [0.1, 0.15) is 6.42 Å². The molecule has 1 saturated carbocycles. The highest BCUT2D eigenvalue weighted by Crippen LogP contribution is 2.70. The molecular formula is C12H16O6. The zero-order chi connectivity index (χ0) is 13.5. The number of hydrogen-bond donors (Lipinski definition) is 1. The van der Waals surface area contributed by atoms with Crippen LogP contribution in [-0.2, 0) is 23.8 Å². The number of fused-ring (bicyclic) bond motifs is 1. The molecule has 0 radical (unpaired) electrons. The number of hydrogen-bond acceptors (Lipinski definition) is 5. The number of ether oxygens (including phenoxy) is 3. The fraction of sp³-hybridized carbons (Fsp3) is 0.667. The van der Waals surface area contributed by atoms with Gasteiger partial charge in [-0.15, -0.1) is 0 Å². The van der Waals surface area contributed by atoms with Crippen molar-refractivity contribution in [3.63, 3.8) is 0 Å². The Kier molecular flexibility index (Phi) is 3.16. The molecule has 0 bridgehead atoms. The quantitative estimate of drug-likeness (QED) is 0.567. The Bertz CT molecular complexity index is 411. The summed E-state index contributed by atoms with van der Waals surface area (Å²) in [6.45, 7) is 0. The molecule has 1 N–H and O–H groups in total. The van der Waals surface area contributed by atoms with Crippen LogP contribution < -0.4 is 0 Å². The molecule has 3 unspecified atom stereocenters. The van der Waals surface area contributed by atoms with Gasteiger partial charge < -0.3 is 19.3 Å². The largest absolute Gasteiger partial charge is 0.478 e. The van der Waals surface area contributed by atoms with E-state index in [1.807, 2.05) is 0 Å². The highest BCUT2D eigenvalue weighted by molar-refractivity contribution is 6.01. The maximum Gasteiger partial charge on any atom is 0.332 e. The summed E-state index contributed by atoms with van der Waals surface area (Å²) >= 11 is 0. The first-order valence-electron chi connectivity index (χ1n) is 5.63. The van der Waals surface area contributed by atoms with Gasteiger partial charge in [-0.25, -0.2) is 4.79 Å². The molecule has 1 fully saturated rings. The first kappa shape index (κ1) is 13.0. The second-order valence-corrected chi connectivity index (χ2v) is 4.49. The van der Waals surface area contributed by atoms with Crippen molar-refractivity contribution in [3.05, 3.63) is 11.6 Å². The van der Waals surface area contributed by atoms with E-state index in [0.29, 0.717) is 6.42 Å². The van der Waals surface area contributed by atoms with Crippen LogP contribution in [0.25, 0.3) is 0 Å². The number of carbonyl (C=O) groups is 2. The third-order valence-electron chi connectivity index (χ3n) is 3.97. The summed E-state index contributed by atoms with van der Waals surface area (Å²) in [5.74, 6) is -2.02. The summed E-state index contributed by atoms with van der Waals surface area (Å²) in [4.78, 5) is 23.3. The van der Waals surface area contributed by atoms with Gasteiger partial charge >= 0.3 is 11.9 Å². The molecule has 0 amide bonds. The van der Waals surface area contributed by atoms with Crippen molar-refractivity contribution in [2.75, 3.05) is 21.3 Å². The number of carbonyl (C=O) groups excluding carboxylic acids is 1. The Morgan fingerprint density at radius 3 is 2.44 bits per heavy atom. The lowest BCUT2D eigenvalue weighted by molar-refractivity contribution is -0.155. The lowest BCUT2D eigenvalue weighted by Crippen LogP contribution is -2.30. The number of allylic oxidation sites excluding steroid dienone is 1. The van der Waals surface area contributed by atoms with Crippen molar-refractivity contribution in [2.45, 2.75) is 12.7 Å². The van der Waals surface area contributed by atoms with Crippen LogP contribution >= 0.6 is 0 Å². The average Bonchev–Trinajstić information content (AvgIpc) is 2.84. The van der Waals surface area contributed by atoms with E-state index in [1.165, 1.54) is 21.3 Å². The van der Waals surface area contributed by atoms with Gasteiger partial charge in [0.25, 0.3) is 0 Å². The molecule has 18 heavy (non-hydrogen) atoms. The molecule has 3 atom stereocenters.